The fraction of sp³-hybridized carbons (Fsp3) is 0.500. The van der Waals surface area contributed by atoms with E-state index in [2.05, 4.69) is 10.3 Å². The van der Waals surface area contributed by atoms with Crippen LogP contribution in [0.1, 0.15) is 48.6 Å². The quantitative estimate of drug-likeness (QED) is 0.735. The zero-order valence-corrected chi connectivity index (χ0v) is 14.2. The fourth-order valence-corrected chi connectivity index (χ4v) is 3.37. The Labute approximate surface area is 151 Å². The number of rotatable bonds is 3. The van der Waals surface area contributed by atoms with Crippen LogP contribution < -0.4 is 5.32 Å². The highest BCUT2D eigenvalue weighted by Crippen LogP contribution is 2.37. The van der Waals surface area contributed by atoms with Gasteiger partial charge in [-0.05, 0) is 55.6 Å². The van der Waals surface area contributed by atoms with E-state index in [1.165, 1.54) is 0 Å². The SMILES string of the molecule is OC(CC1CCCCN1)c1cc(C(F)(F)F)nc2ccc(C(F)(F)F)cc12. The second kappa shape index (κ2) is 7.27. The van der Waals surface area contributed by atoms with E-state index in [-0.39, 0.29) is 28.9 Å². The molecule has 2 unspecified atom stereocenters. The van der Waals surface area contributed by atoms with Crippen molar-refractivity contribution < 1.29 is 31.4 Å². The van der Waals surface area contributed by atoms with Crippen LogP contribution in [-0.2, 0) is 12.4 Å². The van der Waals surface area contributed by atoms with Gasteiger partial charge in [0.15, 0.2) is 0 Å². The van der Waals surface area contributed by atoms with Gasteiger partial charge < -0.3 is 10.4 Å². The second-order valence-electron chi connectivity index (χ2n) is 6.72. The summed E-state index contributed by atoms with van der Waals surface area (Å²) >= 11 is 0. The maximum Gasteiger partial charge on any atom is 0.433 e. The summed E-state index contributed by atoms with van der Waals surface area (Å²) in [6.07, 6.45) is -7.99. The number of fused-ring (bicyclic) bond motifs is 1. The van der Waals surface area contributed by atoms with Crippen LogP contribution in [0.25, 0.3) is 10.9 Å². The average Bonchev–Trinajstić information content (AvgIpc) is 2.59. The van der Waals surface area contributed by atoms with E-state index in [9.17, 15) is 31.4 Å². The maximum atomic E-state index is 13.1. The molecule has 3 rings (SSSR count). The minimum Gasteiger partial charge on any atom is -0.388 e. The van der Waals surface area contributed by atoms with Gasteiger partial charge in [-0.15, -0.1) is 0 Å². The van der Waals surface area contributed by atoms with Crippen molar-refractivity contribution in [1.29, 1.82) is 0 Å². The Morgan fingerprint density at radius 1 is 1.07 bits per heavy atom. The third-order valence-corrected chi connectivity index (χ3v) is 4.74. The molecule has 2 N–H and O–H groups in total. The highest BCUT2D eigenvalue weighted by molar-refractivity contribution is 5.83. The Balaban J connectivity index is 2.07. The Morgan fingerprint density at radius 3 is 2.41 bits per heavy atom. The fourth-order valence-electron chi connectivity index (χ4n) is 3.37. The number of benzene rings is 1. The number of nitrogens with one attached hydrogen (secondary N) is 1. The van der Waals surface area contributed by atoms with Crippen molar-refractivity contribution in [2.45, 2.75) is 50.2 Å². The van der Waals surface area contributed by atoms with Gasteiger partial charge >= 0.3 is 12.4 Å². The molecular formula is C18H18F6N2O. The molecule has 0 radical (unpaired) electrons. The minimum absolute atomic E-state index is 0.0999. The Hall–Kier alpha value is -1.87. The number of pyridine rings is 1. The standard InChI is InChI=1S/C18H18F6N2O/c19-17(20,21)10-4-5-14-12(7-10)13(9-16(26-14)18(22,23)24)15(27)8-11-3-1-2-6-25-11/h4-5,7,9,11,15,25,27H,1-3,6,8H2. The van der Waals surface area contributed by atoms with Crippen molar-refractivity contribution in [3.63, 3.8) is 0 Å². The van der Waals surface area contributed by atoms with E-state index in [1.807, 2.05) is 0 Å². The third kappa shape index (κ3) is 4.52. The first-order valence-electron chi connectivity index (χ1n) is 8.56. The van der Waals surface area contributed by atoms with Gasteiger partial charge in [0.25, 0.3) is 0 Å². The largest absolute Gasteiger partial charge is 0.433 e. The first-order valence-corrected chi connectivity index (χ1v) is 8.56. The van der Waals surface area contributed by atoms with Gasteiger partial charge in [0, 0.05) is 11.4 Å². The molecule has 0 amide bonds. The van der Waals surface area contributed by atoms with Crippen molar-refractivity contribution in [2.24, 2.45) is 0 Å². The topological polar surface area (TPSA) is 45.1 Å². The van der Waals surface area contributed by atoms with Crippen LogP contribution in [0, 0.1) is 0 Å². The number of hydrogen-bond donors (Lipinski definition) is 2. The van der Waals surface area contributed by atoms with Crippen molar-refractivity contribution in [3.05, 3.63) is 41.1 Å². The number of aromatic nitrogens is 1. The van der Waals surface area contributed by atoms with Crippen molar-refractivity contribution in [2.75, 3.05) is 6.54 Å². The summed E-state index contributed by atoms with van der Waals surface area (Å²) in [6, 6.07) is 2.89. The molecule has 2 atom stereocenters. The number of halogens is 6. The molecule has 3 nitrogen and oxygen atoms in total. The van der Waals surface area contributed by atoms with Gasteiger partial charge in [-0.25, -0.2) is 4.98 Å². The third-order valence-electron chi connectivity index (χ3n) is 4.74. The van der Waals surface area contributed by atoms with Gasteiger partial charge in [0.1, 0.15) is 5.69 Å². The van der Waals surface area contributed by atoms with E-state index < -0.39 is 29.7 Å². The van der Waals surface area contributed by atoms with E-state index in [0.29, 0.717) is 12.1 Å². The number of alkyl halides is 6. The molecule has 1 aliphatic rings. The lowest BCUT2D eigenvalue weighted by Gasteiger charge is -2.26. The number of hydrogen-bond acceptors (Lipinski definition) is 3. The zero-order valence-electron chi connectivity index (χ0n) is 14.2. The minimum atomic E-state index is -4.77. The number of aliphatic hydroxyl groups excluding tert-OH is 1. The summed E-state index contributed by atoms with van der Waals surface area (Å²) in [5, 5.41) is 13.6. The van der Waals surface area contributed by atoms with Crippen LogP contribution in [0.3, 0.4) is 0 Å². The highest BCUT2D eigenvalue weighted by Gasteiger charge is 2.35. The molecule has 1 aliphatic heterocycles. The summed E-state index contributed by atoms with van der Waals surface area (Å²) in [7, 11) is 0. The van der Waals surface area contributed by atoms with Crippen molar-refractivity contribution in [3.8, 4) is 0 Å². The molecule has 1 fully saturated rings. The molecule has 1 aromatic carbocycles. The molecule has 9 heteroatoms. The molecular weight excluding hydrogens is 374 g/mol. The summed E-state index contributed by atoms with van der Waals surface area (Å²) in [6.45, 7) is 0.737. The summed E-state index contributed by atoms with van der Waals surface area (Å²) < 4.78 is 78.5. The first-order chi connectivity index (χ1) is 12.6. The van der Waals surface area contributed by atoms with Gasteiger partial charge in [0.05, 0.1) is 17.2 Å². The summed E-state index contributed by atoms with van der Waals surface area (Å²) in [4.78, 5) is 3.44. The van der Waals surface area contributed by atoms with E-state index in [1.54, 1.807) is 0 Å². The summed E-state index contributed by atoms with van der Waals surface area (Å²) in [5.41, 5.74) is -2.66. The van der Waals surface area contributed by atoms with E-state index >= 15 is 0 Å². The van der Waals surface area contributed by atoms with Crippen molar-refractivity contribution in [1.82, 2.24) is 10.3 Å². The van der Waals surface area contributed by atoms with E-state index in [4.69, 9.17) is 0 Å². The Morgan fingerprint density at radius 2 is 1.81 bits per heavy atom. The number of nitrogens with zero attached hydrogens (tertiary/aromatic N) is 1. The number of aliphatic hydroxyl groups is 1. The lowest BCUT2D eigenvalue weighted by Crippen LogP contribution is -2.35. The van der Waals surface area contributed by atoms with Crippen LogP contribution in [0.15, 0.2) is 24.3 Å². The average molecular weight is 392 g/mol. The predicted octanol–water partition coefficient (Wildman–Crippen LogP) is 4.84. The predicted molar refractivity (Wildman–Crippen MR) is 87.0 cm³/mol. The zero-order chi connectivity index (χ0) is 19.8. The summed E-state index contributed by atoms with van der Waals surface area (Å²) in [5.74, 6) is 0. The monoisotopic (exact) mass is 392 g/mol. The molecule has 0 aliphatic carbocycles. The lowest BCUT2D eigenvalue weighted by atomic mass is 9.93. The van der Waals surface area contributed by atoms with Crippen LogP contribution in [0.4, 0.5) is 26.3 Å². The molecule has 1 saturated heterocycles. The molecule has 148 valence electrons. The smallest absolute Gasteiger partial charge is 0.388 e. The van der Waals surface area contributed by atoms with Gasteiger partial charge in [-0.3, -0.25) is 0 Å². The number of piperidine rings is 1. The molecule has 27 heavy (non-hydrogen) atoms. The Kier molecular flexibility index (Phi) is 5.36. The molecule has 2 aromatic rings. The van der Waals surface area contributed by atoms with Gasteiger partial charge in [-0.1, -0.05) is 6.42 Å². The second-order valence-corrected chi connectivity index (χ2v) is 6.72. The van der Waals surface area contributed by atoms with Crippen LogP contribution >= 0.6 is 0 Å². The van der Waals surface area contributed by atoms with Crippen LogP contribution in [0.5, 0.6) is 0 Å². The maximum absolute atomic E-state index is 13.1. The molecule has 1 aromatic heterocycles. The van der Waals surface area contributed by atoms with Crippen LogP contribution in [-0.4, -0.2) is 22.7 Å². The molecule has 0 saturated carbocycles. The molecule has 2 heterocycles. The molecule has 0 bridgehead atoms. The normalized spacial score (nSPS) is 20.0. The van der Waals surface area contributed by atoms with Crippen LogP contribution in [0.2, 0.25) is 0 Å². The van der Waals surface area contributed by atoms with Crippen molar-refractivity contribution >= 4 is 10.9 Å². The lowest BCUT2D eigenvalue weighted by molar-refractivity contribution is -0.141. The molecule has 0 spiro atoms. The van der Waals surface area contributed by atoms with Gasteiger partial charge in [0.2, 0.25) is 0 Å². The van der Waals surface area contributed by atoms with E-state index in [0.717, 1.165) is 37.9 Å². The first kappa shape index (κ1) is 19.9. The Bertz CT molecular complexity index is 812. The van der Waals surface area contributed by atoms with Gasteiger partial charge in [-0.2, -0.15) is 26.3 Å². The highest BCUT2D eigenvalue weighted by atomic mass is 19.4.